The van der Waals surface area contributed by atoms with Crippen LogP contribution >= 0.6 is 0 Å². The molecule has 0 radical (unpaired) electrons. The normalized spacial score (nSPS) is 13.1. The van der Waals surface area contributed by atoms with Crippen molar-refractivity contribution in [2.75, 3.05) is 0 Å². The first-order valence-corrected chi connectivity index (χ1v) is 9.40. The second-order valence-electron chi connectivity index (χ2n) is 6.86. The molecular formula is C24H20F2N2O3. The minimum atomic E-state index is -0.936. The van der Waals surface area contributed by atoms with Crippen LogP contribution in [0.3, 0.4) is 0 Å². The molecule has 0 saturated heterocycles. The summed E-state index contributed by atoms with van der Waals surface area (Å²) in [5.41, 5.74) is 7.54. The zero-order valence-electron chi connectivity index (χ0n) is 16.4. The van der Waals surface area contributed by atoms with Gasteiger partial charge in [-0.2, -0.15) is 0 Å². The van der Waals surface area contributed by atoms with Gasteiger partial charge in [0.15, 0.2) is 0 Å². The van der Waals surface area contributed by atoms with Gasteiger partial charge in [-0.05, 0) is 41.8 Å². The molecule has 0 heterocycles. The van der Waals surface area contributed by atoms with Crippen LogP contribution in [-0.4, -0.2) is 22.0 Å². The number of aliphatic carboxylic acids is 1. The highest BCUT2D eigenvalue weighted by molar-refractivity contribution is 5.98. The van der Waals surface area contributed by atoms with Gasteiger partial charge >= 0.3 is 5.97 Å². The highest BCUT2D eigenvalue weighted by Crippen LogP contribution is 2.24. The number of aliphatic imine (C=N–C) groups is 1. The monoisotopic (exact) mass is 422 g/mol. The number of rotatable bonds is 7. The lowest BCUT2D eigenvalue weighted by atomic mass is 9.92. The van der Waals surface area contributed by atoms with Crippen molar-refractivity contribution in [3.63, 3.8) is 0 Å². The Labute approximate surface area is 177 Å². The third-order valence-corrected chi connectivity index (χ3v) is 4.63. The Bertz CT molecular complexity index is 1130. The van der Waals surface area contributed by atoms with Crippen LogP contribution in [0.4, 0.5) is 14.5 Å². The largest absolute Gasteiger partial charge is 0.507 e. The molecule has 4 N–H and O–H groups in total. The molecular weight excluding hydrogens is 402 g/mol. The molecule has 0 spiro atoms. The topological polar surface area (TPSA) is 95.9 Å². The van der Waals surface area contributed by atoms with E-state index < -0.39 is 29.3 Å². The number of amidine groups is 1. The van der Waals surface area contributed by atoms with Crippen molar-refractivity contribution in [3.8, 4) is 0 Å². The summed E-state index contributed by atoms with van der Waals surface area (Å²) in [5, 5.41) is 19.6. The number of aliphatic hydroxyl groups excluding tert-OH is 1. The van der Waals surface area contributed by atoms with Crippen molar-refractivity contribution in [1.82, 2.24) is 0 Å². The van der Waals surface area contributed by atoms with E-state index in [-0.39, 0.29) is 11.4 Å². The smallest absolute Gasteiger partial charge is 0.311 e. The molecule has 0 fully saturated rings. The fourth-order valence-corrected chi connectivity index (χ4v) is 3.08. The van der Waals surface area contributed by atoms with Crippen molar-refractivity contribution in [2.24, 2.45) is 10.7 Å². The van der Waals surface area contributed by atoms with Crippen LogP contribution in [0.2, 0.25) is 0 Å². The summed E-state index contributed by atoms with van der Waals surface area (Å²) in [6.07, 6.45) is 1.40. The zero-order valence-corrected chi connectivity index (χ0v) is 16.4. The van der Waals surface area contributed by atoms with Crippen LogP contribution in [-0.2, 0) is 11.2 Å². The van der Waals surface area contributed by atoms with E-state index >= 15 is 0 Å². The van der Waals surface area contributed by atoms with Crippen molar-refractivity contribution in [3.05, 3.63) is 107 Å². The second kappa shape index (κ2) is 9.67. The molecule has 0 aliphatic carbocycles. The van der Waals surface area contributed by atoms with Crippen molar-refractivity contribution < 1.29 is 23.8 Å². The lowest BCUT2D eigenvalue weighted by molar-refractivity contribution is -0.138. The maximum Gasteiger partial charge on any atom is 0.311 e. The molecule has 31 heavy (non-hydrogen) atoms. The van der Waals surface area contributed by atoms with Crippen LogP contribution in [0.25, 0.3) is 5.76 Å². The molecule has 0 aromatic heterocycles. The van der Waals surface area contributed by atoms with Gasteiger partial charge in [0.05, 0.1) is 17.2 Å². The molecule has 3 aromatic rings. The number of halogens is 2. The molecule has 7 heteroatoms. The van der Waals surface area contributed by atoms with Gasteiger partial charge in [0.25, 0.3) is 0 Å². The maximum absolute atomic E-state index is 13.8. The average molecular weight is 422 g/mol. The fraction of sp³-hybridized carbons (Fsp3) is 0.0833. The molecule has 158 valence electrons. The molecule has 1 unspecified atom stereocenters. The standard InChI is InChI=1S/C24H20F2N2O3/c25-17-8-11-19(21(26)13-17)22(29)14-23(27)28-18-9-6-16(7-10-18)20(24(30)31)12-15-4-2-1-3-5-15/h1-11,13-14,20,29H,12H2,(H2,27,28)(H,30,31). The van der Waals surface area contributed by atoms with Gasteiger partial charge in [-0.1, -0.05) is 42.5 Å². The second-order valence-corrected chi connectivity index (χ2v) is 6.86. The Morgan fingerprint density at radius 3 is 2.29 bits per heavy atom. The number of aliphatic hydroxyl groups is 1. The summed E-state index contributed by atoms with van der Waals surface area (Å²) in [5.74, 6) is -3.94. The Morgan fingerprint density at radius 2 is 1.68 bits per heavy atom. The molecule has 0 saturated carbocycles. The van der Waals surface area contributed by atoms with E-state index in [4.69, 9.17) is 5.73 Å². The van der Waals surface area contributed by atoms with Crippen LogP contribution in [0.5, 0.6) is 0 Å². The van der Waals surface area contributed by atoms with Crippen molar-refractivity contribution in [1.29, 1.82) is 0 Å². The van der Waals surface area contributed by atoms with Gasteiger partial charge in [-0.15, -0.1) is 0 Å². The summed E-state index contributed by atoms with van der Waals surface area (Å²) in [6, 6.07) is 18.6. The first-order chi connectivity index (χ1) is 14.8. The van der Waals surface area contributed by atoms with Gasteiger partial charge in [0, 0.05) is 12.1 Å². The first kappa shape index (κ1) is 21.7. The Kier molecular flexibility index (Phi) is 6.77. The number of hydrogen-bond donors (Lipinski definition) is 3. The SMILES string of the molecule is NC(C=C(O)c1ccc(F)cc1F)=Nc1ccc(C(Cc2ccccc2)C(=O)O)cc1. The number of benzene rings is 3. The summed E-state index contributed by atoms with van der Waals surface area (Å²) in [4.78, 5) is 15.8. The third-order valence-electron chi connectivity index (χ3n) is 4.63. The molecule has 3 aromatic carbocycles. The highest BCUT2D eigenvalue weighted by Gasteiger charge is 2.20. The Morgan fingerprint density at radius 1 is 1.00 bits per heavy atom. The van der Waals surface area contributed by atoms with Crippen molar-refractivity contribution in [2.45, 2.75) is 12.3 Å². The van der Waals surface area contributed by atoms with E-state index in [1.54, 1.807) is 24.3 Å². The van der Waals surface area contributed by atoms with E-state index in [1.165, 1.54) is 0 Å². The molecule has 3 rings (SSSR count). The van der Waals surface area contributed by atoms with Gasteiger partial charge in [0.1, 0.15) is 23.2 Å². The van der Waals surface area contributed by atoms with Gasteiger partial charge in [-0.25, -0.2) is 13.8 Å². The molecule has 1 atom stereocenters. The summed E-state index contributed by atoms with van der Waals surface area (Å²) < 4.78 is 26.7. The quantitative estimate of drug-likeness (QED) is 0.285. The summed E-state index contributed by atoms with van der Waals surface area (Å²) >= 11 is 0. The summed E-state index contributed by atoms with van der Waals surface area (Å²) in [7, 11) is 0. The maximum atomic E-state index is 13.8. The van der Waals surface area contributed by atoms with E-state index in [0.717, 1.165) is 23.8 Å². The van der Waals surface area contributed by atoms with Crippen molar-refractivity contribution >= 4 is 23.3 Å². The van der Waals surface area contributed by atoms with E-state index in [2.05, 4.69) is 4.99 Å². The van der Waals surface area contributed by atoms with Crippen LogP contribution < -0.4 is 5.73 Å². The number of hydrogen-bond acceptors (Lipinski definition) is 3. The number of nitrogens with zero attached hydrogens (tertiary/aromatic N) is 1. The number of nitrogens with two attached hydrogens (primary N) is 1. The molecule has 5 nitrogen and oxygen atoms in total. The molecule has 0 aliphatic heterocycles. The Balaban J connectivity index is 1.78. The summed E-state index contributed by atoms with van der Waals surface area (Å²) in [6.45, 7) is 0. The predicted molar refractivity (Wildman–Crippen MR) is 115 cm³/mol. The average Bonchev–Trinajstić information content (AvgIpc) is 2.73. The van der Waals surface area contributed by atoms with E-state index in [0.29, 0.717) is 23.7 Å². The number of carbonyl (C=O) groups is 1. The number of carboxylic acids is 1. The first-order valence-electron chi connectivity index (χ1n) is 9.40. The highest BCUT2D eigenvalue weighted by atomic mass is 19.1. The molecule has 0 aliphatic rings. The van der Waals surface area contributed by atoms with Gasteiger partial charge < -0.3 is 15.9 Å². The minimum absolute atomic E-state index is 0.104. The zero-order chi connectivity index (χ0) is 22.4. The molecule has 0 bridgehead atoms. The molecule has 0 amide bonds. The van der Waals surface area contributed by atoms with E-state index in [1.807, 2.05) is 30.3 Å². The van der Waals surface area contributed by atoms with Gasteiger partial charge in [-0.3, -0.25) is 4.79 Å². The third kappa shape index (κ3) is 5.76. The number of carboxylic acid groups (broad SMARTS) is 1. The lowest BCUT2D eigenvalue weighted by Crippen LogP contribution is -2.14. The predicted octanol–water partition coefficient (Wildman–Crippen LogP) is 4.96. The van der Waals surface area contributed by atoms with Crippen LogP contribution in [0.1, 0.15) is 22.6 Å². The lowest BCUT2D eigenvalue weighted by Gasteiger charge is -2.13. The van der Waals surface area contributed by atoms with Gasteiger partial charge in [0.2, 0.25) is 0 Å². The minimum Gasteiger partial charge on any atom is -0.507 e. The van der Waals surface area contributed by atoms with Crippen LogP contribution in [0.15, 0.2) is 83.9 Å². The van der Waals surface area contributed by atoms with E-state index in [9.17, 15) is 23.8 Å². The van der Waals surface area contributed by atoms with Crippen LogP contribution in [0, 0.1) is 11.6 Å². The Hall–Kier alpha value is -4.00. The fourth-order valence-electron chi connectivity index (χ4n) is 3.08.